The zero-order valence-electron chi connectivity index (χ0n) is 8.02. The third-order valence-electron chi connectivity index (χ3n) is 1.25. The van der Waals surface area contributed by atoms with Gasteiger partial charge in [0.1, 0.15) is 0 Å². The van der Waals surface area contributed by atoms with Gasteiger partial charge in [-0.2, -0.15) is 0 Å². The molecule has 1 aromatic rings. The number of benzene rings is 1. The second-order valence-electron chi connectivity index (χ2n) is 2.17. The molecule has 0 aromatic heterocycles. The summed E-state index contributed by atoms with van der Waals surface area (Å²) in [4.78, 5) is 1.23. The molecule has 1 rings (SSSR count). The van der Waals surface area contributed by atoms with Crippen LogP contribution in [0.4, 0.5) is 0 Å². The van der Waals surface area contributed by atoms with Crippen molar-refractivity contribution in [2.75, 3.05) is 6.26 Å². The Morgan fingerprint density at radius 3 is 2.17 bits per heavy atom. The average molecular weight is 203 g/mol. The molecule has 12 heavy (non-hydrogen) atoms. The van der Waals surface area contributed by atoms with E-state index >= 15 is 0 Å². The minimum absolute atomic E-state index is 0.823. The normalized spacial score (nSPS) is 8.75. The lowest BCUT2D eigenvalue weighted by Gasteiger charge is -1.98. The molecule has 0 bridgehead atoms. The fourth-order valence-corrected chi connectivity index (χ4v) is 1.72. The second-order valence-corrected chi connectivity index (χ2v) is 3.48. The highest BCUT2D eigenvalue weighted by atomic mass is 35.5. The minimum atomic E-state index is 0.823. The van der Waals surface area contributed by atoms with Gasteiger partial charge in [0.05, 0.1) is 0 Å². The predicted octanol–water partition coefficient (Wildman–Crippen LogP) is 4.40. The molecule has 0 aliphatic rings. The summed E-state index contributed by atoms with van der Waals surface area (Å²) in [5, 5.41) is 0.823. The maximum atomic E-state index is 5.82. The van der Waals surface area contributed by atoms with Gasteiger partial charge in [-0.3, -0.25) is 0 Å². The van der Waals surface area contributed by atoms with Gasteiger partial charge in [-0.05, 0) is 36.9 Å². The molecule has 0 aliphatic carbocycles. The summed E-state index contributed by atoms with van der Waals surface area (Å²) >= 11 is 7.53. The number of aryl methyl sites for hydroxylation is 1. The number of thioether (sulfide) groups is 1. The Bertz CT molecular complexity index is 213. The Hall–Kier alpha value is -0.140. The number of hydrogen-bond donors (Lipinski definition) is 0. The number of rotatable bonds is 1. The molecule has 0 atom stereocenters. The fourth-order valence-electron chi connectivity index (χ4n) is 0.821. The van der Waals surface area contributed by atoms with Crippen LogP contribution in [-0.2, 0) is 0 Å². The lowest BCUT2D eigenvalue weighted by atomic mass is 10.2. The molecule has 0 N–H and O–H groups in total. The first-order valence-electron chi connectivity index (χ1n) is 4.03. The van der Waals surface area contributed by atoms with Crippen LogP contribution in [0.3, 0.4) is 0 Å². The SMILES string of the molecule is CC.CSc1cc(C)cc(Cl)c1. The summed E-state index contributed by atoms with van der Waals surface area (Å²) in [5.74, 6) is 0. The maximum Gasteiger partial charge on any atom is 0.0419 e. The molecule has 0 saturated heterocycles. The lowest BCUT2D eigenvalue weighted by molar-refractivity contribution is 1.36. The molecule has 0 spiro atoms. The molecule has 0 heterocycles. The fraction of sp³-hybridized carbons (Fsp3) is 0.400. The van der Waals surface area contributed by atoms with Crippen molar-refractivity contribution in [2.45, 2.75) is 25.7 Å². The van der Waals surface area contributed by atoms with E-state index in [4.69, 9.17) is 11.6 Å². The first-order valence-corrected chi connectivity index (χ1v) is 5.64. The topological polar surface area (TPSA) is 0 Å². The van der Waals surface area contributed by atoms with Crippen molar-refractivity contribution >= 4 is 23.4 Å². The largest absolute Gasteiger partial charge is 0.130 e. The Morgan fingerprint density at radius 1 is 1.17 bits per heavy atom. The van der Waals surface area contributed by atoms with E-state index in [1.165, 1.54) is 10.5 Å². The van der Waals surface area contributed by atoms with Crippen molar-refractivity contribution in [3.63, 3.8) is 0 Å². The molecule has 0 saturated carbocycles. The predicted molar refractivity (Wildman–Crippen MR) is 59.3 cm³/mol. The van der Waals surface area contributed by atoms with Crippen LogP contribution in [0, 0.1) is 6.92 Å². The van der Waals surface area contributed by atoms with Crippen LogP contribution in [-0.4, -0.2) is 6.26 Å². The van der Waals surface area contributed by atoms with Gasteiger partial charge in [-0.25, -0.2) is 0 Å². The van der Waals surface area contributed by atoms with Crippen LogP contribution < -0.4 is 0 Å². The first kappa shape index (κ1) is 11.9. The second kappa shape index (κ2) is 6.38. The van der Waals surface area contributed by atoms with Crippen LogP contribution >= 0.6 is 23.4 Å². The van der Waals surface area contributed by atoms with E-state index < -0.39 is 0 Å². The van der Waals surface area contributed by atoms with Crippen molar-refractivity contribution in [1.82, 2.24) is 0 Å². The van der Waals surface area contributed by atoms with Crippen LogP contribution in [0.15, 0.2) is 23.1 Å². The van der Waals surface area contributed by atoms with Crippen LogP contribution in [0.25, 0.3) is 0 Å². The first-order chi connectivity index (χ1) is 5.72. The molecule has 0 unspecified atom stereocenters. The van der Waals surface area contributed by atoms with E-state index in [-0.39, 0.29) is 0 Å². The highest BCUT2D eigenvalue weighted by molar-refractivity contribution is 7.98. The monoisotopic (exact) mass is 202 g/mol. The van der Waals surface area contributed by atoms with Gasteiger partial charge >= 0.3 is 0 Å². The van der Waals surface area contributed by atoms with E-state index in [1.54, 1.807) is 11.8 Å². The Labute approximate surface area is 84.3 Å². The van der Waals surface area contributed by atoms with Crippen molar-refractivity contribution < 1.29 is 0 Å². The Kier molecular flexibility index (Phi) is 6.31. The molecular formula is C10H15ClS. The third-order valence-corrected chi connectivity index (χ3v) is 2.18. The summed E-state index contributed by atoms with van der Waals surface area (Å²) in [5.41, 5.74) is 1.22. The maximum absolute atomic E-state index is 5.82. The molecule has 0 fully saturated rings. The van der Waals surface area contributed by atoms with Gasteiger partial charge in [0.15, 0.2) is 0 Å². The van der Waals surface area contributed by atoms with Gasteiger partial charge in [0.2, 0.25) is 0 Å². The van der Waals surface area contributed by atoms with Crippen LogP contribution in [0.5, 0.6) is 0 Å². The summed E-state index contributed by atoms with van der Waals surface area (Å²) in [7, 11) is 0. The summed E-state index contributed by atoms with van der Waals surface area (Å²) < 4.78 is 0. The average Bonchev–Trinajstić information content (AvgIpc) is 2.06. The standard InChI is InChI=1S/C8H9ClS.C2H6/c1-6-3-7(9)5-8(4-6)10-2;1-2/h3-5H,1-2H3;1-2H3. The molecule has 68 valence electrons. The Morgan fingerprint density at radius 2 is 1.75 bits per heavy atom. The minimum Gasteiger partial charge on any atom is -0.130 e. The highest BCUT2D eigenvalue weighted by Gasteiger charge is 1.93. The van der Waals surface area contributed by atoms with E-state index in [9.17, 15) is 0 Å². The van der Waals surface area contributed by atoms with E-state index in [2.05, 4.69) is 6.07 Å². The van der Waals surface area contributed by atoms with Crippen molar-refractivity contribution in [3.8, 4) is 0 Å². The van der Waals surface area contributed by atoms with Gasteiger partial charge in [0, 0.05) is 9.92 Å². The molecule has 1 aromatic carbocycles. The number of halogens is 1. The number of hydrogen-bond acceptors (Lipinski definition) is 1. The summed E-state index contributed by atoms with van der Waals surface area (Å²) in [6.45, 7) is 6.05. The van der Waals surface area contributed by atoms with Gasteiger partial charge in [-0.1, -0.05) is 25.4 Å². The smallest absolute Gasteiger partial charge is 0.0419 e. The van der Waals surface area contributed by atoms with Gasteiger partial charge in [0.25, 0.3) is 0 Å². The van der Waals surface area contributed by atoms with Crippen molar-refractivity contribution in [3.05, 3.63) is 28.8 Å². The Balaban J connectivity index is 0.000000561. The van der Waals surface area contributed by atoms with Crippen LogP contribution in [0.1, 0.15) is 19.4 Å². The van der Waals surface area contributed by atoms with Crippen molar-refractivity contribution in [2.24, 2.45) is 0 Å². The quantitative estimate of drug-likeness (QED) is 0.609. The molecule has 0 nitrogen and oxygen atoms in total. The zero-order chi connectivity index (χ0) is 9.56. The zero-order valence-corrected chi connectivity index (χ0v) is 9.59. The molecule has 2 heteroatoms. The third kappa shape index (κ3) is 4.03. The van der Waals surface area contributed by atoms with Gasteiger partial charge < -0.3 is 0 Å². The van der Waals surface area contributed by atoms with E-state index in [0.29, 0.717) is 0 Å². The molecule has 0 amide bonds. The highest BCUT2D eigenvalue weighted by Crippen LogP contribution is 2.21. The van der Waals surface area contributed by atoms with Gasteiger partial charge in [-0.15, -0.1) is 11.8 Å². The molecule has 0 aliphatic heterocycles. The summed E-state index contributed by atoms with van der Waals surface area (Å²) in [6, 6.07) is 6.05. The molecule has 0 radical (unpaired) electrons. The lowest BCUT2D eigenvalue weighted by Crippen LogP contribution is -1.74. The van der Waals surface area contributed by atoms with Crippen LogP contribution in [0.2, 0.25) is 5.02 Å². The van der Waals surface area contributed by atoms with Crippen molar-refractivity contribution in [1.29, 1.82) is 0 Å². The summed E-state index contributed by atoms with van der Waals surface area (Å²) in [6.07, 6.45) is 2.05. The van der Waals surface area contributed by atoms with E-state index in [1.807, 2.05) is 39.2 Å². The molecular weight excluding hydrogens is 188 g/mol. The van der Waals surface area contributed by atoms with E-state index in [0.717, 1.165) is 5.02 Å².